The van der Waals surface area contributed by atoms with Crippen LogP contribution in [0.5, 0.6) is 0 Å². The van der Waals surface area contributed by atoms with Gasteiger partial charge in [-0.3, -0.25) is 9.59 Å². The molecule has 4 rings (SSSR count). The highest BCUT2D eigenvalue weighted by molar-refractivity contribution is 5.91. The zero-order valence-corrected chi connectivity index (χ0v) is 17.2. The van der Waals surface area contributed by atoms with Gasteiger partial charge in [0, 0.05) is 18.3 Å². The van der Waals surface area contributed by atoms with Crippen molar-refractivity contribution in [3.8, 4) is 0 Å². The van der Waals surface area contributed by atoms with E-state index < -0.39 is 11.6 Å². The molecule has 28 heavy (non-hydrogen) atoms. The summed E-state index contributed by atoms with van der Waals surface area (Å²) in [6, 6.07) is 0. The lowest BCUT2D eigenvalue weighted by atomic mass is 9.48. The number of hydrogen-bond donors (Lipinski definition) is 2. The molecule has 0 bridgehead atoms. The summed E-state index contributed by atoms with van der Waals surface area (Å²) in [5.74, 6) is 2.12. The first-order valence-corrected chi connectivity index (χ1v) is 11.0. The van der Waals surface area contributed by atoms with Crippen molar-refractivity contribution in [2.75, 3.05) is 0 Å². The first-order valence-electron chi connectivity index (χ1n) is 11.0. The van der Waals surface area contributed by atoms with Crippen molar-refractivity contribution in [2.45, 2.75) is 77.2 Å². The number of hydrogen-bond acceptors (Lipinski definition) is 3. The summed E-state index contributed by atoms with van der Waals surface area (Å²) in [7, 11) is 0. The second-order valence-electron chi connectivity index (χ2n) is 10.2. The molecule has 0 aliphatic heterocycles. The van der Waals surface area contributed by atoms with Gasteiger partial charge in [0.1, 0.15) is 0 Å². The minimum atomic E-state index is -0.944. The molecule has 0 radical (unpaired) electrons. The highest BCUT2D eigenvalue weighted by atomic mass is 16.4. The van der Waals surface area contributed by atoms with Gasteiger partial charge in [-0.15, -0.1) is 0 Å². The summed E-state index contributed by atoms with van der Waals surface area (Å²) in [6.07, 6.45) is 8.89. The number of carbonyl (C=O) groups is 2. The third-order valence-corrected chi connectivity index (χ3v) is 9.04. The fourth-order valence-electron chi connectivity index (χ4n) is 7.56. The number of carbonyl (C=O) groups excluding carboxylic acids is 1. The molecule has 4 nitrogen and oxygen atoms in total. The number of ketones is 1. The lowest BCUT2D eigenvalue weighted by molar-refractivity contribution is -0.137. The molecule has 7 atom stereocenters. The lowest BCUT2D eigenvalue weighted by Crippen LogP contribution is -2.54. The van der Waals surface area contributed by atoms with Gasteiger partial charge in [-0.05, 0) is 86.2 Å². The average molecular weight is 387 g/mol. The first-order chi connectivity index (χ1) is 13.2. The summed E-state index contributed by atoms with van der Waals surface area (Å²) < 4.78 is 0. The standard InChI is InChI=1S/C24H34O4/c1-14-12-20-18(17-6-5-16(25)13-19(14)17)8-10-23(3)21(20)9-11-24(23,28)15(2)4-7-22(26)27/h13-14,17-18,20-21,28H,2,4-12H2,1,3H3,(H,26,27)/t14-,17+,18+,20+,21-,23-,24+/m0/s1. The molecule has 0 aromatic heterocycles. The Hall–Kier alpha value is -1.42. The molecule has 154 valence electrons. The maximum Gasteiger partial charge on any atom is 0.303 e. The predicted octanol–water partition coefficient (Wildman–Crippen LogP) is 4.53. The Bertz CT molecular complexity index is 737. The van der Waals surface area contributed by atoms with E-state index in [1.54, 1.807) is 0 Å². The average Bonchev–Trinajstić information content (AvgIpc) is 2.92. The summed E-state index contributed by atoms with van der Waals surface area (Å²) >= 11 is 0. The van der Waals surface area contributed by atoms with E-state index in [2.05, 4.69) is 20.4 Å². The molecule has 4 heteroatoms. The molecule has 0 spiro atoms. The van der Waals surface area contributed by atoms with Crippen LogP contribution in [0, 0.1) is 35.0 Å². The summed E-state index contributed by atoms with van der Waals surface area (Å²) in [6.45, 7) is 8.65. The highest BCUT2D eigenvalue weighted by Crippen LogP contribution is 2.66. The Kier molecular flexibility index (Phi) is 4.85. The van der Waals surface area contributed by atoms with Crippen LogP contribution in [0.3, 0.4) is 0 Å². The van der Waals surface area contributed by atoms with Gasteiger partial charge < -0.3 is 10.2 Å². The number of aliphatic hydroxyl groups is 1. The number of carboxylic acid groups (broad SMARTS) is 1. The minimum Gasteiger partial charge on any atom is -0.481 e. The van der Waals surface area contributed by atoms with E-state index in [1.807, 2.05) is 6.08 Å². The van der Waals surface area contributed by atoms with Crippen molar-refractivity contribution in [3.05, 3.63) is 23.8 Å². The van der Waals surface area contributed by atoms with E-state index in [1.165, 1.54) is 5.57 Å². The Balaban J connectivity index is 1.60. The van der Waals surface area contributed by atoms with Crippen molar-refractivity contribution in [2.24, 2.45) is 35.0 Å². The van der Waals surface area contributed by atoms with Crippen molar-refractivity contribution in [1.29, 1.82) is 0 Å². The molecule has 4 aliphatic rings. The maximum atomic E-state index is 12.0. The third kappa shape index (κ3) is 2.82. The first kappa shape index (κ1) is 19.9. The van der Waals surface area contributed by atoms with Gasteiger partial charge in [-0.1, -0.05) is 26.0 Å². The Morgan fingerprint density at radius 1 is 1.21 bits per heavy atom. The van der Waals surface area contributed by atoms with Crippen LogP contribution in [-0.4, -0.2) is 27.6 Å². The summed E-state index contributed by atoms with van der Waals surface area (Å²) in [5, 5.41) is 20.7. The van der Waals surface area contributed by atoms with E-state index >= 15 is 0 Å². The molecule has 0 unspecified atom stereocenters. The summed E-state index contributed by atoms with van der Waals surface area (Å²) in [4.78, 5) is 23.0. The predicted molar refractivity (Wildman–Crippen MR) is 108 cm³/mol. The molecular formula is C24H34O4. The second-order valence-corrected chi connectivity index (χ2v) is 10.2. The fraction of sp³-hybridized carbons (Fsp3) is 0.750. The zero-order chi connectivity index (χ0) is 20.3. The molecule has 0 heterocycles. The zero-order valence-electron chi connectivity index (χ0n) is 17.2. The van der Waals surface area contributed by atoms with Crippen LogP contribution in [0.15, 0.2) is 23.8 Å². The van der Waals surface area contributed by atoms with Crippen molar-refractivity contribution in [3.63, 3.8) is 0 Å². The molecule has 3 saturated carbocycles. The smallest absolute Gasteiger partial charge is 0.303 e. The maximum absolute atomic E-state index is 12.0. The van der Waals surface area contributed by atoms with Crippen LogP contribution < -0.4 is 0 Å². The monoisotopic (exact) mass is 386 g/mol. The highest BCUT2D eigenvalue weighted by Gasteiger charge is 2.63. The molecule has 0 aromatic carbocycles. The van der Waals surface area contributed by atoms with Crippen molar-refractivity contribution < 1.29 is 19.8 Å². The van der Waals surface area contributed by atoms with Crippen LogP contribution in [0.1, 0.15) is 71.6 Å². The van der Waals surface area contributed by atoms with Gasteiger partial charge in [-0.2, -0.15) is 0 Å². The van der Waals surface area contributed by atoms with Gasteiger partial charge in [-0.25, -0.2) is 0 Å². The number of fused-ring (bicyclic) bond motifs is 5. The van der Waals surface area contributed by atoms with Crippen molar-refractivity contribution >= 4 is 11.8 Å². The normalized spacial score (nSPS) is 44.9. The van der Waals surface area contributed by atoms with E-state index in [-0.39, 0.29) is 11.8 Å². The largest absolute Gasteiger partial charge is 0.481 e. The number of aliphatic carboxylic acids is 1. The van der Waals surface area contributed by atoms with Crippen LogP contribution in [0.4, 0.5) is 0 Å². The number of allylic oxidation sites excluding steroid dienone is 1. The third-order valence-electron chi connectivity index (χ3n) is 9.04. The quantitative estimate of drug-likeness (QED) is 0.696. The Morgan fingerprint density at radius 2 is 1.96 bits per heavy atom. The number of rotatable bonds is 4. The van der Waals surface area contributed by atoms with E-state index in [0.29, 0.717) is 60.2 Å². The van der Waals surface area contributed by atoms with Gasteiger partial charge in [0.15, 0.2) is 5.78 Å². The van der Waals surface area contributed by atoms with Crippen molar-refractivity contribution in [1.82, 2.24) is 0 Å². The second kappa shape index (κ2) is 6.83. The molecule has 3 fully saturated rings. The molecule has 0 saturated heterocycles. The fourth-order valence-corrected chi connectivity index (χ4v) is 7.56. The minimum absolute atomic E-state index is 0.0369. The topological polar surface area (TPSA) is 74.6 Å². The number of carboxylic acids is 1. The SMILES string of the molecule is C=C(CCC(=O)O)[C@]1(O)CC[C@H]2[C@@H]3C[C@H](C)C4=CC(=O)CC[C@@H]4[C@H]3CC[C@@]21C. The van der Waals surface area contributed by atoms with Crippen LogP contribution >= 0.6 is 0 Å². The van der Waals surface area contributed by atoms with Gasteiger partial charge in [0.05, 0.1) is 5.60 Å². The Labute approximate surface area is 168 Å². The summed E-state index contributed by atoms with van der Waals surface area (Å²) in [5.41, 5.74) is 0.945. The molecule has 2 N–H and O–H groups in total. The van der Waals surface area contributed by atoms with Crippen LogP contribution in [-0.2, 0) is 9.59 Å². The molecule has 0 aromatic rings. The Morgan fingerprint density at radius 3 is 2.68 bits per heavy atom. The van der Waals surface area contributed by atoms with Gasteiger partial charge in [0.25, 0.3) is 0 Å². The lowest BCUT2D eigenvalue weighted by Gasteiger charge is -2.57. The van der Waals surface area contributed by atoms with Gasteiger partial charge in [0.2, 0.25) is 0 Å². The van der Waals surface area contributed by atoms with Crippen LogP contribution in [0.2, 0.25) is 0 Å². The van der Waals surface area contributed by atoms with E-state index in [9.17, 15) is 14.7 Å². The molecule has 0 amide bonds. The van der Waals surface area contributed by atoms with E-state index in [4.69, 9.17) is 5.11 Å². The van der Waals surface area contributed by atoms with Crippen LogP contribution in [0.25, 0.3) is 0 Å². The van der Waals surface area contributed by atoms with E-state index in [0.717, 1.165) is 32.1 Å². The van der Waals surface area contributed by atoms with Gasteiger partial charge >= 0.3 is 5.97 Å². The molecule has 4 aliphatic carbocycles. The molecular weight excluding hydrogens is 352 g/mol.